The van der Waals surface area contributed by atoms with Gasteiger partial charge in [-0.15, -0.1) is 0 Å². The fraction of sp³-hybridized carbons (Fsp3) is 0.344. The van der Waals surface area contributed by atoms with E-state index in [2.05, 4.69) is 15.5 Å². The summed E-state index contributed by atoms with van der Waals surface area (Å²) in [6.07, 6.45) is 1.46. The number of hydrogen-bond donors (Lipinski definition) is 4. The molecule has 262 valence electrons. The van der Waals surface area contributed by atoms with E-state index in [-0.39, 0.29) is 53.6 Å². The smallest absolute Gasteiger partial charge is 0.329 e. The van der Waals surface area contributed by atoms with Crippen LogP contribution in [0.2, 0.25) is 0 Å². The molecule has 1 aromatic heterocycles. The van der Waals surface area contributed by atoms with Crippen molar-refractivity contribution >= 4 is 72.7 Å². The minimum absolute atomic E-state index is 0.0381. The van der Waals surface area contributed by atoms with Crippen molar-refractivity contribution in [1.82, 2.24) is 19.2 Å². The summed E-state index contributed by atoms with van der Waals surface area (Å²) in [6.45, 7) is 0.118. The quantitative estimate of drug-likeness (QED) is 0.202. The average Bonchev–Trinajstić information content (AvgIpc) is 3.49. The molecule has 0 aliphatic carbocycles. The molecular formula is C32H32FN7O9S. The van der Waals surface area contributed by atoms with Gasteiger partial charge >= 0.3 is 15.9 Å². The van der Waals surface area contributed by atoms with Crippen LogP contribution in [0.25, 0.3) is 21.8 Å². The highest BCUT2D eigenvalue weighted by molar-refractivity contribution is 7.92. The number of benzene rings is 3. The lowest BCUT2D eigenvalue weighted by Crippen LogP contribution is -2.44. The molecule has 18 heteroatoms. The molecule has 3 saturated heterocycles. The number of phenolic OH excluding ortho intramolecular Hbond substituents is 1. The fourth-order valence-electron chi connectivity index (χ4n) is 6.88. The van der Waals surface area contributed by atoms with Gasteiger partial charge in [-0.05, 0) is 61.0 Å². The molecule has 3 aliphatic rings. The molecule has 4 N–H and O–H groups in total. The molecule has 4 heterocycles. The zero-order valence-corrected chi connectivity index (χ0v) is 27.5. The number of phenols is 1. The van der Waals surface area contributed by atoms with Crippen LogP contribution in [-0.4, -0.2) is 78.6 Å². The van der Waals surface area contributed by atoms with Gasteiger partial charge in [0.15, 0.2) is 5.82 Å². The third kappa shape index (κ3) is 5.79. The van der Waals surface area contributed by atoms with Gasteiger partial charge in [-0.1, -0.05) is 6.07 Å². The lowest BCUT2D eigenvalue weighted by atomic mass is 10.1. The van der Waals surface area contributed by atoms with E-state index in [1.807, 2.05) is 6.07 Å². The van der Waals surface area contributed by atoms with Crippen LogP contribution in [0.4, 0.5) is 21.5 Å². The van der Waals surface area contributed by atoms with Gasteiger partial charge < -0.3 is 20.1 Å². The van der Waals surface area contributed by atoms with Crippen LogP contribution in [0.15, 0.2) is 47.3 Å². The van der Waals surface area contributed by atoms with Gasteiger partial charge in [0.2, 0.25) is 17.7 Å². The van der Waals surface area contributed by atoms with E-state index in [1.54, 1.807) is 23.9 Å². The number of aryl methyl sites for hydroxylation is 1. The maximum atomic E-state index is 15.4. The molecular weight excluding hydrogens is 677 g/mol. The SMILES string of the molecule is Cn1c(=O)n(C2CCC(=O)NC2=O)c2cccc(N3CCC[C@@H](OCC(=O)Nc4ccc5c(F)c(N6CC(=O)NS6(=O)=O)c(O)cc5c4)C3)c21. The number of imidazole rings is 1. The Morgan fingerprint density at radius 1 is 1.10 bits per heavy atom. The molecule has 2 atom stereocenters. The van der Waals surface area contributed by atoms with Gasteiger partial charge in [-0.3, -0.25) is 33.6 Å². The van der Waals surface area contributed by atoms with Crippen molar-refractivity contribution in [2.24, 2.45) is 7.05 Å². The van der Waals surface area contributed by atoms with Crippen molar-refractivity contribution in [3.05, 3.63) is 58.8 Å². The molecule has 3 aromatic carbocycles. The fourth-order valence-corrected chi connectivity index (χ4v) is 8.05. The first-order valence-electron chi connectivity index (χ1n) is 15.8. The van der Waals surface area contributed by atoms with E-state index in [1.165, 1.54) is 27.3 Å². The Hall–Kier alpha value is -5.49. The summed E-state index contributed by atoms with van der Waals surface area (Å²) in [7, 11) is -2.72. The standard InChI is InChI=1S/C32H32FN7O9S/c1-37-29-21(5-2-6-22(29)40(32(37)46)23-9-10-25(42)35-31(23)45)38-11-3-4-19(14-38)49-16-27(44)34-18-7-8-20-17(12-18)13-24(41)30(28(20)33)39-15-26(43)36-50(39,47)48/h2,5-8,12-13,19,23,41H,3-4,9-11,14-16H2,1H3,(H,34,44)(H,36,43)(H,35,42,45)/t19-,23?/m1/s1. The maximum absolute atomic E-state index is 15.4. The molecule has 1 unspecified atom stereocenters. The number of imide groups is 1. The van der Waals surface area contributed by atoms with Crippen LogP contribution >= 0.6 is 0 Å². The number of para-hydroxylation sites is 1. The van der Waals surface area contributed by atoms with E-state index in [0.717, 1.165) is 18.2 Å². The zero-order valence-electron chi connectivity index (χ0n) is 26.6. The molecule has 4 aromatic rings. The molecule has 0 spiro atoms. The number of ether oxygens (including phenoxy) is 1. The number of piperidine rings is 2. The summed E-state index contributed by atoms with van der Waals surface area (Å²) in [4.78, 5) is 64.3. The summed E-state index contributed by atoms with van der Waals surface area (Å²) >= 11 is 0. The van der Waals surface area contributed by atoms with Crippen molar-refractivity contribution in [3.63, 3.8) is 0 Å². The van der Waals surface area contributed by atoms with Crippen molar-refractivity contribution in [1.29, 1.82) is 0 Å². The van der Waals surface area contributed by atoms with Crippen LogP contribution in [0.5, 0.6) is 5.75 Å². The van der Waals surface area contributed by atoms with Crippen LogP contribution < -0.4 is 30.3 Å². The summed E-state index contributed by atoms with van der Waals surface area (Å²) in [5, 5.41) is 15.6. The van der Waals surface area contributed by atoms with Crippen molar-refractivity contribution < 1.29 is 41.8 Å². The highest BCUT2D eigenvalue weighted by Crippen LogP contribution is 2.39. The second kappa shape index (κ2) is 12.4. The Morgan fingerprint density at radius 2 is 1.90 bits per heavy atom. The van der Waals surface area contributed by atoms with Crippen LogP contribution in [0.3, 0.4) is 0 Å². The number of fused-ring (bicyclic) bond motifs is 2. The number of halogens is 1. The first-order valence-corrected chi connectivity index (χ1v) is 17.2. The first kappa shape index (κ1) is 33.0. The predicted molar refractivity (Wildman–Crippen MR) is 178 cm³/mol. The normalized spacial score (nSPS) is 20.7. The highest BCUT2D eigenvalue weighted by Gasteiger charge is 2.38. The number of nitrogens with one attached hydrogen (secondary N) is 3. The van der Waals surface area contributed by atoms with E-state index in [0.29, 0.717) is 34.8 Å². The second-order valence-electron chi connectivity index (χ2n) is 12.4. The Morgan fingerprint density at radius 3 is 2.64 bits per heavy atom. The Bertz CT molecular complexity index is 2290. The minimum Gasteiger partial charge on any atom is -0.506 e. The minimum atomic E-state index is -4.36. The third-order valence-electron chi connectivity index (χ3n) is 9.16. The molecule has 50 heavy (non-hydrogen) atoms. The molecule has 3 fully saturated rings. The third-order valence-corrected chi connectivity index (χ3v) is 10.5. The van der Waals surface area contributed by atoms with Gasteiger partial charge in [0.1, 0.15) is 30.6 Å². The highest BCUT2D eigenvalue weighted by atomic mass is 32.2. The van der Waals surface area contributed by atoms with Crippen molar-refractivity contribution in [3.8, 4) is 5.75 Å². The number of amides is 4. The van der Waals surface area contributed by atoms with E-state index < -0.39 is 57.8 Å². The van der Waals surface area contributed by atoms with Gasteiger partial charge in [-0.2, -0.15) is 8.42 Å². The summed E-state index contributed by atoms with van der Waals surface area (Å²) < 4.78 is 51.0. The number of carbonyl (C=O) groups excluding carboxylic acids is 4. The molecule has 7 rings (SSSR count). The lowest BCUT2D eigenvalue weighted by molar-refractivity contribution is -0.135. The summed E-state index contributed by atoms with van der Waals surface area (Å²) in [5.41, 5.74) is 1.22. The van der Waals surface area contributed by atoms with Gasteiger partial charge in [0, 0.05) is 37.6 Å². The number of aromatic nitrogens is 2. The summed E-state index contributed by atoms with van der Waals surface area (Å²) in [5.74, 6) is -3.98. The first-order chi connectivity index (χ1) is 23.8. The van der Waals surface area contributed by atoms with E-state index in [9.17, 15) is 37.5 Å². The average molecular weight is 710 g/mol. The van der Waals surface area contributed by atoms with Crippen LogP contribution in [-0.2, 0) is 41.2 Å². The Kier molecular flexibility index (Phi) is 8.22. The van der Waals surface area contributed by atoms with E-state index in [4.69, 9.17) is 4.74 Å². The monoisotopic (exact) mass is 709 g/mol. The molecule has 4 amide bonds. The Balaban J connectivity index is 1.03. The predicted octanol–water partition coefficient (Wildman–Crippen LogP) is 1.12. The second-order valence-corrected chi connectivity index (χ2v) is 14.0. The lowest BCUT2D eigenvalue weighted by Gasteiger charge is -2.34. The number of rotatable bonds is 7. The van der Waals surface area contributed by atoms with Crippen molar-refractivity contribution in [2.75, 3.05) is 40.8 Å². The number of aromatic hydroxyl groups is 1. The number of hydrogen-bond acceptors (Lipinski definition) is 10. The number of nitrogens with zero attached hydrogens (tertiary/aromatic N) is 4. The summed E-state index contributed by atoms with van der Waals surface area (Å²) in [6, 6.07) is 9.95. The number of anilines is 3. The van der Waals surface area contributed by atoms with Crippen LogP contribution in [0, 0.1) is 5.82 Å². The molecule has 16 nitrogen and oxygen atoms in total. The molecule has 0 bridgehead atoms. The van der Waals surface area contributed by atoms with Crippen LogP contribution in [0.1, 0.15) is 31.7 Å². The zero-order chi connectivity index (χ0) is 35.5. The van der Waals surface area contributed by atoms with Gasteiger partial charge in [-0.25, -0.2) is 18.2 Å². The topological polar surface area (TPSA) is 201 Å². The van der Waals surface area contributed by atoms with Crippen molar-refractivity contribution in [2.45, 2.75) is 37.8 Å². The van der Waals surface area contributed by atoms with Gasteiger partial charge in [0.25, 0.3) is 5.91 Å². The Labute approximate surface area is 283 Å². The molecule has 0 saturated carbocycles. The molecule has 3 aliphatic heterocycles. The van der Waals surface area contributed by atoms with E-state index >= 15 is 4.39 Å². The number of carbonyl (C=O) groups is 4. The maximum Gasteiger partial charge on any atom is 0.329 e. The van der Waals surface area contributed by atoms with Gasteiger partial charge in [0.05, 0.1) is 22.8 Å². The molecule has 0 radical (unpaired) electrons. The largest absolute Gasteiger partial charge is 0.506 e.